The number of methoxy groups -OCH3 is 3. The Bertz CT molecular complexity index is 3380. The highest BCUT2D eigenvalue weighted by atomic mass is 16.7. The third kappa shape index (κ3) is 24.2. The number of amides is 9. The molecule has 0 spiro atoms. The second-order valence-electron chi connectivity index (χ2n) is 27.5. The molecule has 0 radical (unpaired) electrons. The first kappa shape index (κ1) is 87.5. The fraction of sp³-hybridized carbons (Fsp3) is 0.635. The quantitative estimate of drug-likeness (QED) is 0.0313. The molecule has 0 aromatic heterocycles. The van der Waals surface area contributed by atoms with Crippen LogP contribution < -0.4 is 26.0 Å². The summed E-state index contributed by atoms with van der Waals surface area (Å²) in [5.41, 5.74) is 0.774. The number of esters is 4. The fourth-order valence-electron chi connectivity index (χ4n) is 13.3. The van der Waals surface area contributed by atoms with Gasteiger partial charge in [0.2, 0.25) is 47.8 Å². The van der Waals surface area contributed by atoms with E-state index in [9.17, 15) is 62.3 Å². The van der Waals surface area contributed by atoms with Crippen LogP contribution in [0.3, 0.4) is 0 Å². The summed E-state index contributed by atoms with van der Waals surface area (Å²) in [6.45, 7) is 19.1. The van der Waals surface area contributed by atoms with Crippen molar-refractivity contribution in [2.75, 3.05) is 80.7 Å². The number of likely N-dealkylation sites (N-methyl/N-ethyl adjacent to an activating group) is 2. The number of nitrogens with zero attached hydrogens (tertiary/aromatic N) is 5. The van der Waals surface area contributed by atoms with Crippen molar-refractivity contribution in [1.29, 1.82) is 0 Å². The van der Waals surface area contributed by atoms with Crippen LogP contribution in [0.25, 0.3) is 0 Å². The molecule has 0 bridgehead atoms. The minimum Gasteiger partial charge on any atom is -0.467 e. The van der Waals surface area contributed by atoms with Crippen LogP contribution in [-0.4, -0.2) is 250 Å². The molecule has 32 nitrogen and oxygen atoms in total. The molecule has 4 N–H and O–H groups in total. The highest BCUT2D eigenvalue weighted by Crippen LogP contribution is 2.36. The molecule has 32 heteroatoms. The average molecular weight is 1490 g/mol. The molecular weight excluding hydrogens is 1380 g/mol. The summed E-state index contributed by atoms with van der Waals surface area (Å²) >= 11 is 0. The van der Waals surface area contributed by atoms with Gasteiger partial charge in [-0.1, -0.05) is 91.3 Å². The summed E-state index contributed by atoms with van der Waals surface area (Å²) in [4.78, 5) is 180. The molecule has 2 saturated heterocycles. The standard InChI is InChI=1S/C74H109N9O23/c1-19-43(7)62(80(15)71(94)60(41(3)4)78-70(93)61(42(5)6)79(13)14)54(97-16)38-59(91)82-35-24-27-52(82)63(98-17)44(8)69(92)76-45(9)64(50-25-22-21-23-26-50)101-40-81(20-2)74(96)100-39-49-28-29-53(51(37-49)77-56(88)32-34-75-55(87)33-36-83-57(89)30-31-58(83)90)105-73-68(104-48(12)86)66(103-47(11)85)65(102-46(10)84)67(106-73)72(95)99-18/h21-23,25-26,28-31,37,41-45,52,54,60-68,73H,19-20,24,27,32-36,38-40H2,1-18H3,(H,75,87)(H,76,92)(H,77,88)(H,78,93)/t43-,44+,45+,52-,54+,60-,61-,62-,63+,64+,65-,66-,67-,68+,73+/m0/s1. The Morgan fingerprint density at radius 1 is 0.726 bits per heavy atom. The first-order valence-electron chi connectivity index (χ1n) is 35.7. The van der Waals surface area contributed by atoms with Crippen molar-refractivity contribution in [3.8, 4) is 5.75 Å². The number of imide groups is 1. The maximum atomic E-state index is 14.7. The molecule has 2 aromatic rings. The van der Waals surface area contributed by atoms with Crippen molar-refractivity contribution < 1.29 is 110 Å². The minimum atomic E-state index is -1.86. The van der Waals surface area contributed by atoms with Gasteiger partial charge in [-0.2, -0.15) is 0 Å². The molecule has 3 heterocycles. The number of likely N-dealkylation sites (tertiary alicyclic amines) is 1. The highest BCUT2D eigenvalue weighted by Gasteiger charge is 2.56. The molecule has 0 aliphatic carbocycles. The van der Waals surface area contributed by atoms with E-state index in [1.54, 1.807) is 49.8 Å². The number of carbonyl (C=O) groups excluding carboxylic acids is 13. The van der Waals surface area contributed by atoms with E-state index < -0.39 is 151 Å². The van der Waals surface area contributed by atoms with E-state index in [-0.39, 0.29) is 98.1 Å². The van der Waals surface area contributed by atoms with Gasteiger partial charge in [0.25, 0.3) is 11.8 Å². The van der Waals surface area contributed by atoms with Crippen LogP contribution in [0.2, 0.25) is 0 Å². The van der Waals surface area contributed by atoms with Crippen LogP contribution in [0.5, 0.6) is 5.75 Å². The molecule has 106 heavy (non-hydrogen) atoms. The van der Waals surface area contributed by atoms with Crippen molar-refractivity contribution in [2.45, 2.75) is 207 Å². The summed E-state index contributed by atoms with van der Waals surface area (Å²) in [6.07, 6.45) is -8.86. The van der Waals surface area contributed by atoms with Crippen LogP contribution in [0, 0.1) is 23.7 Å². The normalized spacial score (nSPS) is 20.4. The molecule has 15 atom stereocenters. The first-order chi connectivity index (χ1) is 50.1. The van der Waals surface area contributed by atoms with E-state index in [2.05, 4.69) is 21.3 Å². The molecule has 588 valence electrons. The summed E-state index contributed by atoms with van der Waals surface area (Å²) in [5, 5.41) is 11.4. The van der Waals surface area contributed by atoms with Gasteiger partial charge in [0.05, 0.1) is 61.5 Å². The van der Waals surface area contributed by atoms with E-state index in [4.69, 9.17) is 47.4 Å². The number of hydrogen-bond donors (Lipinski definition) is 4. The Morgan fingerprint density at radius 3 is 1.92 bits per heavy atom. The van der Waals surface area contributed by atoms with E-state index in [0.29, 0.717) is 31.4 Å². The molecule has 0 unspecified atom stereocenters. The lowest BCUT2D eigenvalue weighted by Gasteiger charge is -2.43. The van der Waals surface area contributed by atoms with Gasteiger partial charge < -0.3 is 78.4 Å². The summed E-state index contributed by atoms with van der Waals surface area (Å²) < 4.78 is 58.1. The summed E-state index contributed by atoms with van der Waals surface area (Å²) in [6, 6.07) is 9.99. The number of benzene rings is 2. The van der Waals surface area contributed by atoms with Crippen molar-refractivity contribution in [3.05, 3.63) is 71.8 Å². The summed E-state index contributed by atoms with van der Waals surface area (Å²) in [7, 11) is 9.36. The van der Waals surface area contributed by atoms with E-state index in [0.717, 1.165) is 44.9 Å². The van der Waals surface area contributed by atoms with E-state index in [1.165, 1.54) is 37.3 Å². The molecule has 3 aliphatic heterocycles. The number of ether oxygens (including phenoxy) is 10. The average Bonchev–Trinajstić information content (AvgIpc) is 0.903. The monoisotopic (exact) mass is 1490 g/mol. The zero-order valence-electron chi connectivity index (χ0n) is 64.2. The van der Waals surface area contributed by atoms with Crippen LogP contribution in [0.1, 0.15) is 139 Å². The lowest BCUT2D eigenvalue weighted by Crippen LogP contribution is -2.64. The number of nitrogens with one attached hydrogen (secondary N) is 4. The molecular formula is C74H109N9O23. The lowest BCUT2D eigenvalue weighted by atomic mass is 9.89. The SMILES string of the molecule is CC[C@H](C)[C@@H]([C@@H](CC(=O)N1CCC[C@H]1[C@H](OC)[C@@H](C)C(=O)N[C@H](C)[C@@H](OCN(CC)C(=O)OCc1ccc(O[C@@H]2O[C@H](C(=O)OC)[C@@H](OC(C)=O)[C@H](OC(C)=O)[C@H]2OC(C)=O)c(NC(=O)CCNC(=O)CCN2C(=O)C=CC2=O)c1)c1ccccc1)OC)N(C)C(=O)[C@@H](NC(=O)[C@H](C(C)C)N(C)C)C(C)C. The smallest absolute Gasteiger partial charge is 0.411 e. The van der Waals surface area contributed by atoms with Crippen molar-refractivity contribution >= 4 is 82.9 Å². The van der Waals surface area contributed by atoms with Crippen molar-refractivity contribution in [3.63, 3.8) is 0 Å². The second kappa shape index (κ2) is 41.7. The Hall–Kier alpha value is -9.11. The van der Waals surface area contributed by atoms with Gasteiger partial charge in [0, 0.05) is 93.2 Å². The number of carbonyl (C=O) groups is 13. The van der Waals surface area contributed by atoms with Crippen LogP contribution >= 0.6 is 0 Å². The fourth-order valence-corrected chi connectivity index (χ4v) is 13.3. The number of hydrogen-bond acceptors (Lipinski definition) is 24. The zero-order valence-corrected chi connectivity index (χ0v) is 64.2. The van der Waals surface area contributed by atoms with Gasteiger partial charge in [-0.25, -0.2) is 9.59 Å². The van der Waals surface area contributed by atoms with E-state index in [1.807, 2.05) is 78.7 Å². The molecule has 2 fully saturated rings. The third-order valence-corrected chi connectivity index (χ3v) is 18.8. The van der Waals surface area contributed by atoms with E-state index >= 15 is 0 Å². The van der Waals surface area contributed by atoms with Gasteiger partial charge in [0.15, 0.2) is 18.3 Å². The topological polar surface area (TPSA) is 379 Å². The predicted octanol–water partition coefficient (Wildman–Crippen LogP) is 4.34. The van der Waals surface area contributed by atoms with Crippen LogP contribution in [-0.2, 0) is 107 Å². The van der Waals surface area contributed by atoms with Crippen LogP contribution in [0.4, 0.5) is 10.5 Å². The molecule has 2 aromatic carbocycles. The van der Waals surface area contributed by atoms with Gasteiger partial charge in [0.1, 0.15) is 31.2 Å². The Labute approximate surface area is 620 Å². The molecule has 0 saturated carbocycles. The number of anilines is 1. The number of rotatable bonds is 39. The molecule has 5 rings (SSSR count). The Kier molecular flexibility index (Phi) is 34.4. The Morgan fingerprint density at radius 2 is 1.36 bits per heavy atom. The highest BCUT2D eigenvalue weighted by molar-refractivity contribution is 6.13. The third-order valence-electron chi connectivity index (χ3n) is 18.8. The van der Waals surface area contributed by atoms with Crippen molar-refractivity contribution in [2.24, 2.45) is 23.7 Å². The Balaban J connectivity index is 1.33. The molecule has 9 amide bonds. The second-order valence-corrected chi connectivity index (χ2v) is 27.5. The predicted molar refractivity (Wildman–Crippen MR) is 382 cm³/mol. The lowest BCUT2D eigenvalue weighted by molar-refractivity contribution is -0.282. The maximum Gasteiger partial charge on any atom is 0.411 e. The maximum absolute atomic E-state index is 14.7. The summed E-state index contributed by atoms with van der Waals surface area (Å²) in [5.74, 6) is -9.04. The van der Waals surface area contributed by atoms with Gasteiger partial charge in [-0.15, -0.1) is 0 Å². The minimum absolute atomic E-state index is 0.0228. The van der Waals surface area contributed by atoms with Gasteiger partial charge >= 0.3 is 30.0 Å². The van der Waals surface area contributed by atoms with Crippen LogP contribution in [0.15, 0.2) is 60.7 Å². The molecule has 3 aliphatic rings. The first-order valence-corrected chi connectivity index (χ1v) is 35.7. The van der Waals surface area contributed by atoms with Gasteiger partial charge in [-0.3, -0.25) is 67.4 Å². The zero-order chi connectivity index (χ0) is 79.0. The largest absolute Gasteiger partial charge is 0.467 e. The van der Waals surface area contributed by atoms with Crippen molar-refractivity contribution in [1.82, 2.24) is 40.4 Å². The van der Waals surface area contributed by atoms with Gasteiger partial charge in [-0.05, 0) is 81.8 Å².